The lowest BCUT2D eigenvalue weighted by Gasteiger charge is -2.33. The quantitative estimate of drug-likeness (QED) is 0.772. The van der Waals surface area contributed by atoms with Crippen LogP contribution in [-0.2, 0) is 9.53 Å². The van der Waals surface area contributed by atoms with Gasteiger partial charge in [-0.05, 0) is 44.7 Å². The monoisotopic (exact) mass is 238 g/mol. The highest BCUT2D eigenvalue weighted by atomic mass is 16.5. The molecule has 0 aromatic heterocycles. The average Bonchev–Trinajstić information content (AvgIpc) is 2.69. The lowest BCUT2D eigenvalue weighted by molar-refractivity contribution is -0.141. The van der Waals surface area contributed by atoms with E-state index in [1.807, 2.05) is 4.90 Å². The SMILES string of the molecule is O=C(CC1CCNCC1)N1CC2CCC(C1)O2. The molecule has 2 atom stereocenters. The van der Waals surface area contributed by atoms with Gasteiger partial charge in [0.25, 0.3) is 0 Å². The minimum absolute atomic E-state index is 0.325. The first-order chi connectivity index (χ1) is 8.31. The highest BCUT2D eigenvalue weighted by molar-refractivity contribution is 5.76. The van der Waals surface area contributed by atoms with Gasteiger partial charge >= 0.3 is 0 Å². The lowest BCUT2D eigenvalue weighted by Crippen LogP contribution is -2.46. The highest BCUT2D eigenvalue weighted by Crippen LogP contribution is 2.27. The van der Waals surface area contributed by atoms with Crippen molar-refractivity contribution in [3.05, 3.63) is 0 Å². The fourth-order valence-corrected chi connectivity index (χ4v) is 3.28. The van der Waals surface area contributed by atoms with Crippen LogP contribution < -0.4 is 5.32 Å². The van der Waals surface area contributed by atoms with Crippen LogP contribution in [0.2, 0.25) is 0 Å². The van der Waals surface area contributed by atoms with Crippen molar-refractivity contribution >= 4 is 5.91 Å². The van der Waals surface area contributed by atoms with Crippen molar-refractivity contribution in [2.24, 2.45) is 5.92 Å². The molecule has 3 fully saturated rings. The van der Waals surface area contributed by atoms with Gasteiger partial charge in [-0.2, -0.15) is 0 Å². The molecule has 96 valence electrons. The number of rotatable bonds is 2. The van der Waals surface area contributed by atoms with Gasteiger partial charge in [0.15, 0.2) is 0 Å². The van der Waals surface area contributed by atoms with Gasteiger partial charge < -0.3 is 15.0 Å². The number of nitrogens with one attached hydrogen (secondary N) is 1. The Hall–Kier alpha value is -0.610. The zero-order chi connectivity index (χ0) is 11.7. The van der Waals surface area contributed by atoms with Crippen LogP contribution in [0.3, 0.4) is 0 Å². The summed E-state index contributed by atoms with van der Waals surface area (Å²) in [5.74, 6) is 0.960. The van der Waals surface area contributed by atoms with Gasteiger partial charge in [0.2, 0.25) is 5.91 Å². The molecule has 2 bridgehead atoms. The number of morpholine rings is 1. The molecule has 4 nitrogen and oxygen atoms in total. The Morgan fingerprint density at radius 2 is 1.76 bits per heavy atom. The number of ether oxygens (including phenoxy) is 1. The number of carbonyl (C=O) groups excluding carboxylic acids is 1. The van der Waals surface area contributed by atoms with Gasteiger partial charge in [-0.3, -0.25) is 4.79 Å². The van der Waals surface area contributed by atoms with Gasteiger partial charge in [-0.15, -0.1) is 0 Å². The van der Waals surface area contributed by atoms with Gasteiger partial charge in [0.05, 0.1) is 12.2 Å². The second-order valence-corrected chi connectivity index (χ2v) is 5.65. The highest BCUT2D eigenvalue weighted by Gasteiger charge is 2.36. The Kier molecular flexibility index (Phi) is 3.34. The minimum Gasteiger partial charge on any atom is -0.371 e. The van der Waals surface area contributed by atoms with E-state index in [0.29, 0.717) is 24.0 Å². The summed E-state index contributed by atoms with van der Waals surface area (Å²) in [5.41, 5.74) is 0. The molecular weight excluding hydrogens is 216 g/mol. The summed E-state index contributed by atoms with van der Waals surface area (Å²) in [5, 5.41) is 3.35. The average molecular weight is 238 g/mol. The number of nitrogens with zero attached hydrogens (tertiary/aromatic N) is 1. The number of fused-ring (bicyclic) bond motifs is 2. The Bertz CT molecular complexity index is 277. The summed E-state index contributed by atoms with van der Waals surface area (Å²) in [7, 11) is 0. The van der Waals surface area contributed by atoms with Crippen molar-refractivity contribution in [3.8, 4) is 0 Å². The van der Waals surface area contributed by atoms with Crippen molar-refractivity contribution in [1.29, 1.82) is 0 Å². The fraction of sp³-hybridized carbons (Fsp3) is 0.923. The number of hydrogen-bond acceptors (Lipinski definition) is 3. The van der Waals surface area contributed by atoms with E-state index >= 15 is 0 Å². The first-order valence-corrected chi connectivity index (χ1v) is 6.95. The molecule has 3 rings (SSSR count). The zero-order valence-corrected chi connectivity index (χ0v) is 10.4. The van der Waals surface area contributed by atoms with Crippen LogP contribution in [0.5, 0.6) is 0 Å². The smallest absolute Gasteiger partial charge is 0.223 e. The van der Waals surface area contributed by atoms with Crippen LogP contribution in [0, 0.1) is 5.92 Å². The van der Waals surface area contributed by atoms with E-state index in [1.165, 1.54) is 0 Å². The molecule has 1 amide bonds. The van der Waals surface area contributed by atoms with E-state index in [-0.39, 0.29) is 0 Å². The fourth-order valence-electron chi connectivity index (χ4n) is 3.28. The van der Waals surface area contributed by atoms with Crippen molar-refractivity contribution in [1.82, 2.24) is 10.2 Å². The summed E-state index contributed by atoms with van der Waals surface area (Å²) >= 11 is 0. The number of hydrogen-bond donors (Lipinski definition) is 1. The Morgan fingerprint density at radius 1 is 1.12 bits per heavy atom. The molecule has 17 heavy (non-hydrogen) atoms. The third-order valence-corrected chi connectivity index (χ3v) is 4.32. The molecule has 3 aliphatic heterocycles. The van der Waals surface area contributed by atoms with E-state index in [1.54, 1.807) is 0 Å². The first kappa shape index (κ1) is 11.5. The second kappa shape index (κ2) is 4.94. The zero-order valence-electron chi connectivity index (χ0n) is 10.4. The van der Waals surface area contributed by atoms with E-state index in [4.69, 9.17) is 4.74 Å². The van der Waals surface area contributed by atoms with E-state index in [9.17, 15) is 4.79 Å². The molecule has 0 saturated carbocycles. The Morgan fingerprint density at radius 3 is 2.41 bits per heavy atom. The molecule has 1 N–H and O–H groups in total. The maximum Gasteiger partial charge on any atom is 0.223 e. The predicted molar refractivity (Wildman–Crippen MR) is 64.7 cm³/mol. The van der Waals surface area contributed by atoms with Crippen LogP contribution in [0.4, 0.5) is 0 Å². The Labute approximate surface area is 103 Å². The molecule has 0 spiro atoms. The second-order valence-electron chi connectivity index (χ2n) is 5.65. The molecule has 3 heterocycles. The topological polar surface area (TPSA) is 41.6 Å². The largest absolute Gasteiger partial charge is 0.371 e. The molecule has 0 aromatic rings. The molecule has 3 saturated heterocycles. The summed E-state index contributed by atoms with van der Waals surface area (Å²) in [6.45, 7) is 3.82. The summed E-state index contributed by atoms with van der Waals surface area (Å²) in [4.78, 5) is 14.3. The third-order valence-electron chi connectivity index (χ3n) is 4.32. The lowest BCUT2D eigenvalue weighted by atomic mass is 9.94. The van der Waals surface area contributed by atoms with Gasteiger partial charge in [-0.1, -0.05) is 0 Å². The predicted octanol–water partition coefficient (Wildman–Crippen LogP) is 0.766. The molecule has 0 aliphatic carbocycles. The van der Waals surface area contributed by atoms with E-state index < -0.39 is 0 Å². The number of amides is 1. The van der Waals surface area contributed by atoms with Crippen LogP contribution in [0.1, 0.15) is 32.1 Å². The number of carbonyl (C=O) groups is 1. The van der Waals surface area contributed by atoms with Gasteiger partial charge in [-0.25, -0.2) is 0 Å². The van der Waals surface area contributed by atoms with Crippen molar-refractivity contribution in [2.75, 3.05) is 26.2 Å². The normalized spacial score (nSPS) is 34.0. The molecule has 2 unspecified atom stereocenters. The Balaban J connectivity index is 1.51. The van der Waals surface area contributed by atoms with Crippen LogP contribution in [0.15, 0.2) is 0 Å². The van der Waals surface area contributed by atoms with Crippen LogP contribution in [-0.4, -0.2) is 49.2 Å². The molecule has 0 aromatic carbocycles. The molecular formula is C13H22N2O2. The van der Waals surface area contributed by atoms with Crippen molar-refractivity contribution < 1.29 is 9.53 Å². The summed E-state index contributed by atoms with van der Waals surface area (Å²) < 4.78 is 5.76. The standard InChI is InChI=1S/C13H22N2O2/c16-13(7-10-3-5-14-6-4-10)15-8-11-1-2-12(9-15)17-11/h10-12,14H,1-9H2. The first-order valence-electron chi connectivity index (χ1n) is 6.95. The molecule has 3 aliphatic rings. The summed E-state index contributed by atoms with van der Waals surface area (Å²) in [6, 6.07) is 0. The maximum atomic E-state index is 12.2. The number of piperidine rings is 1. The molecule has 4 heteroatoms. The van der Waals surface area contributed by atoms with Crippen molar-refractivity contribution in [3.63, 3.8) is 0 Å². The third kappa shape index (κ3) is 2.63. The maximum absolute atomic E-state index is 12.2. The van der Waals surface area contributed by atoms with E-state index in [0.717, 1.165) is 58.3 Å². The molecule has 0 radical (unpaired) electrons. The van der Waals surface area contributed by atoms with Crippen LogP contribution in [0.25, 0.3) is 0 Å². The van der Waals surface area contributed by atoms with Crippen molar-refractivity contribution in [2.45, 2.75) is 44.3 Å². The summed E-state index contributed by atoms with van der Waals surface area (Å²) in [6.07, 6.45) is 5.99. The van der Waals surface area contributed by atoms with Gasteiger partial charge in [0, 0.05) is 19.5 Å². The minimum atomic E-state index is 0.325. The van der Waals surface area contributed by atoms with Crippen LogP contribution >= 0.6 is 0 Å². The number of likely N-dealkylation sites (tertiary alicyclic amines) is 1. The van der Waals surface area contributed by atoms with E-state index in [2.05, 4.69) is 5.32 Å². The van der Waals surface area contributed by atoms with Gasteiger partial charge in [0.1, 0.15) is 0 Å².